The van der Waals surface area contributed by atoms with Gasteiger partial charge in [0.05, 0.1) is 21.3 Å². The fourth-order valence-electron chi connectivity index (χ4n) is 3.33. The van der Waals surface area contributed by atoms with Gasteiger partial charge in [-0.25, -0.2) is 0 Å². The van der Waals surface area contributed by atoms with Crippen molar-refractivity contribution in [3.05, 3.63) is 53.1 Å². The second-order valence-corrected chi connectivity index (χ2v) is 6.08. The minimum Gasteiger partial charge on any atom is -0.493 e. The minimum absolute atomic E-state index is 0.0930. The Kier molecular flexibility index (Phi) is 4.88. The summed E-state index contributed by atoms with van der Waals surface area (Å²) in [4.78, 5) is 0. The van der Waals surface area contributed by atoms with Crippen LogP contribution in [0.4, 0.5) is 0 Å². The van der Waals surface area contributed by atoms with Crippen LogP contribution in [0, 0.1) is 0 Å². The maximum absolute atomic E-state index is 6.29. The van der Waals surface area contributed by atoms with Gasteiger partial charge in [0.1, 0.15) is 6.10 Å². The molecule has 25 heavy (non-hydrogen) atoms. The quantitative estimate of drug-likeness (QED) is 0.769. The molecule has 0 N–H and O–H groups in total. The van der Waals surface area contributed by atoms with E-state index in [1.807, 2.05) is 37.3 Å². The van der Waals surface area contributed by atoms with E-state index < -0.39 is 0 Å². The van der Waals surface area contributed by atoms with Crippen molar-refractivity contribution >= 4 is 6.08 Å². The largest absolute Gasteiger partial charge is 0.493 e. The molecule has 0 bridgehead atoms. The Bertz CT molecular complexity index is 795. The van der Waals surface area contributed by atoms with Gasteiger partial charge < -0.3 is 18.9 Å². The van der Waals surface area contributed by atoms with Crippen LogP contribution in [0.1, 0.15) is 42.6 Å². The summed E-state index contributed by atoms with van der Waals surface area (Å²) >= 11 is 0. The lowest BCUT2D eigenvalue weighted by Gasteiger charge is -2.18. The highest BCUT2D eigenvalue weighted by molar-refractivity contribution is 5.62. The SMILES string of the molecule is CC=Cc1cc(OC)c2c(c1)[C@H](C)[C@@H](c1ccc(OC)c(OC)c1)O2. The van der Waals surface area contributed by atoms with Crippen molar-refractivity contribution in [1.82, 2.24) is 0 Å². The van der Waals surface area contributed by atoms with E-state index in [-0.39, 0.29) is 12.0 Å². The highest BCUT2D eigenvalue weighted by Gasteiger charge is 2.35. The molecule has 0 aliphatic carbocycles. The number of hydrogen-bond donors (Lipinski definition) is 0. The summed E-state index contributed by atoms with van der Waals surface area (Å²) in [6, 6.07) is 10.1. The second kappa shape index (κ2) is 7.09. The van der Waals surface area contributed by atoms with Gasteiger partial charge in [-0.15, -0.1) is 0 Å². The average molecular weight is 340 g/mol. The lowest BCUT2D eigenvalue weighted by Crippen LogP contribution is -2.07. The lowest BCUT2D eigenvalue weighted by molar-refractivity contribution is 0.207. The molecule has 0 aromatic heterocycles. The number of ether oxygens (including phenoxy) is 4. The van der Waals surface area contributed by atoms with Gasteiger partial charge in [-0.3, -0.25) is 0 Å². The summed E-state index contributed by atoms with van der Waals surface area (Å²) in [7, 11) is 4.95. The fraction of sp³-hybridized carbons (Fsp3) is 0.333. The van der Waals surface area contributed by atoms with Gasteiger partial charge in [0.2, 0.25) is 0 Å². The predicted molar refractivity (Wildman–Crippen MR) is 99.0 cm³/mol. The zero-order valence-electron chi connectivity index (χ0n) is 15.3. The van der Waals surface area contributed by atoms with E-state index in [0.29, 0.717) is 11.5 Å². The Morgan fingerprint density at radius 3 is 2.28 bits per heavy atom. The number of allylic oxidation sites excluding steroid dienone is 1. The molecule has 4 nitrogen and oxygen atoms in total. The molecule has 1 aliphatic rings. The van der Waals surface area contributed by atoms with Crippen LogP contribution in [0.5, 0.6) is 23.0 Å². The molecule has 0 amide bonds. The van der Waals surface area contributed by atoms with Crippen molar-refractivity contribution in [3.8, 4) is 23.0 Å². The highest BCUT2D eigenvalue weighted by atomic mass is 16.5. The molecule has 0 fully saturated rings. The lowest BCUT2D eigenvalue weighted by atomic mass is 9.91. The molecule has 1 aliphatic heterocycles. The molecule has 0 radical (unpaired) electrons. The predicted octanol–water partition coefficient (Wildman–Crippen LogP) is 4.98. The van der Waals surface area contributed by atoms with Gasteiger partial charge in [0.15, 0.2) is 23.0 Å². The first-order valence-electron chi connectivity index (χ1n) is 8.36. The van der Waals surface area contributed by atoms with Crippen molar-refractivity contribution in [2.45, 2.75) is 25.9 Å². The molecule has 0 saturated carbocycles. The van der Waals surface area contributed by atoms with Crippen LogP contribution in [0.25, 0.3) is 6.08 Å². The number of rotatable bonds is 5. The molecule has 4 heteroatoms. The van der Waals surface area contributed by atoms with E-state index in [1.54, 1.807) is 21.3 Å². The molecule has 2 atom stereocenters. The normalized spacial score (nSPS) is 18.8. The molecule has 3 rings (SSSR count). The highest BCUT2D eigenvalue weighted by Crippen LogP contribution is 2.51. The smallest absolute Gasteiger partial charge is 0.165 e. The van der Waals surface area contributed by atoms with Crippen molar-refractivity contribution in [2.24, 2.45) is 0 Å². The van der Waals surface area contributed by atoms with Gasteiger partial charge >= 0.3 is 0 Å². The molecule has 1 heterocycles. The zero-order valence-corrected chi connectivity index (χ0v) is 15.3. The number of methoxy groups -OCH3 is 3. The number of fused-ring (bicyclic) bond motifs is 1. The van der Waals surface area contributed by atoms with Crippen LogP contribution in [0.2, 0.25) is 0 Å². The third-order valence-electron chi connectivity index (χ3n) is 4.61. The maximum atomic E-state index is 6.29. The first kappa shape index (κ1) is 17.2. The molecule has 2 aromatic carbocycles. The van der Waals surface area contributed by atoms with E-state index in [1.165, 1.54) is 0 Å². The topological polar surface area (TPSA) is 36.9 Å². The van der Waals surface area contributed by atoms with Gasteiger partial charge in [-0.1, -0.05) is 25.1 Å². The molecule has 0 unspecified atom stereocenters. The molecule has 132 valence electrons. The Morgan fingerprint density at radius 2 is 1.64 bits per heavy atom. The van der Waals surface area contributed by atoms with E-state index in [0.717, 1.165) is 28.2 Å². The van der Waals surface area contributed by atoms with Crippen LogP contribution in [0.15, 0.2) is 36.4 Å². The summed E-state index contributed by atoms with van der Waals surface area (Å²) in [5.41, 5.74) is 3.32. The van der Waals surface area contributed by atoms with Crippen LogP contribution in [-0.4, -0.2) is 21.3 Å². The maximum Gasteiger partial charge on any atom is 0.165 e. The summed E-state index contributed by atoms with van der Waals surface area (Å²) in [5.74, 6) is 3.20. The molecule has 0 saturated heterocycles. The van der Waals surface area contributed by atoms with Crippen LogP contribution < -0.4 is 18.9 Å². The van der Waals surface area contributed by atoms with Crippen LogP contribution in [-0.2, 0) is 0 Å². The Hall–Kier alpha value is -2.62. The van der Waals surface area contributed by atoms with Crippen LogP contribution in [0.3, 0.4) is 0 Å². The molecular formula is C21H24O4. The second-order valence-electron chi connectivity index (χ2n) is 6.08. The van der Waals surface area contributed by atoms with Crippen molar-refractivity contribution < 1.29 is 18.9 Å². The van der Waals surface area contributed by atoms with Crippen molar-refractivity contribution in [1.29, 1.82) is 0 Å². The first-order chi connectivity index (χ1) is 12.1. The van der Waals surface area contributed by atoms with Gasteiger partial charge in [-0.2, -0.15) is 0 Å². The molecule has 0 spiro atoms. The molecular weight excluding hydrogens is 316 g/mol. The van der Waals surface area contributed by atoms with Crippen LogP contribution >= 0.6 is 0 Å². The van der Waals surface area contributed by atoms with E-state index in [4.69, 9.17) is 18.9 Å². The Balaban J connectivity index is 2.01. The Labute approximate surface area is 149 Å². The van der Waals surface area contributed by atoms with E-state index >= 15 is 0 Å². The van der Waals surface area contributed by atoms with E-state index in [9.17, 15) is 0 Å². The summed E-state index contributed by atoms with van der Waals surface area (Å²) in [5, 5.41) is 0. The van der Waals surface area contributed by atoms with Gasteiger partial charge in [-0.05, 0) is 42.3 Å². The third-order valence-corrected chi connectivity index (χ3v) is 4.61. The minimum atomic E-state index is -0.0930. The fourth-order valence-corrected chi connectivity index (χ4v) is 3.33. The number of hydrogen-bond acceptors (Lipinski definition) is 4. The standard InChI is InChI=1S/C21H24O4/c1-6-7-14-10-16-13(2)20(25-21(16)19(11-14)24-5)15-8-9-17(22-3)18(12-15)23-4/h6-13,20H,1-5H3/t13-,20-/m0/s1. The third kappa shape index (κ3) is 3.04. The number of benzene rings is 2. The first-order valence-corrected chi connectivity index (χ1v) is 8.36. The monoisotopic (exact) mass is 340 g/mol. The van der Waals surface area contributed by atoms with E-state index in [2.05, 4.69) is 19.1 Å². The summed E-state index contributed by atoms with van der Waals surface area (Å²) in [6.45, 7) is 4.18. The summed E-state index contributed by atoms with van der Waals surface area (Å²) in [6.07, 6.45) is 4.00. The zero-order chi connectivity index (χ0) is 18.0. The average Bonchev–Trinajstić information content (AvgIpc) is 2.97. The van der Waals surface area contributed by atoms with Crippen molar-refractivity contribution in [3.63, 3.8) is 0 Å². The summed E-state index contributed by atoms with van der Waals surface area (Å²) < 4.78 is 22.6. The molecule has 2 aromatic rings. The van der Waals surface area contributed by atoms with Crippen molar-refractivity contribution in [2.75, 3.05) is 21.3 Å². The Morgan fingerprint density at radius 1 is 0.920 bits per heavy atom. The van der Waals surface area contributed by atoms with Gasteiger partial charge in [0.25, 0.3) is 0 Å². The van der Waals surface area contributed by atoms with Gasteiger partial charge in [0, 0.05) is 11.5 Å².